The zero-order valence-electron chi connectivity index (χ0n) is 26.2. The van der Waals surface area contributed by atoms with Crippen LogP contribution in [0, 0.1) is 28.1 Å². The molecule has 0 unspecified atom stereocenters. The van der Waals surface area contributed by atoms with Gasteiger partial charge in [0, 0.05) is 12.0 Å². The molecule has 2 aliphatic carbocycles. The Labute approximate surface area is 225 Å². The number of rotatable bonds is 7. The van der Waals surface area contributed by atoms with E-state index in [1.54, 1.807) is 0 Å². The second-order valence-corrected chi connectivity index (χ2v) is 25.1. The van der Waals surface area contributed by atoms with Crippen LogP contribution in [0.3, 0.4) is 0 Å². The maximum absolute atomic E-state index is 13.5. The van der Waals surface area contributed by atoms with Gasteiger partial charge in [-0.1, -0.05) is 61.5 Å². The smallest absolute Gasteiger partial charge is 0.312 e. The molecule has 0 aromatic heterocycles. The molecular weight excluding hydrogens is 480 g/mol. The number of carbonyl (C=O) groups excluding carboxylic acids is 1. The SMILES string of the molecule is C=C[C@H]1CC[C@H]2[C@](C)(CO[Si](C)(C)C(C)(C)C)[C@@H](O[Si](C)(C)C(C)(C)C)CC[C@]2(C)[C@@]1(C)C(=O)OC. The van der Waals surface area contributed by atoms with Crippen molar-refractivity contribution in [1.82, 2.24) is 0 Å². The molecule has 2 saturated carbocycles. The van der Waals surface area contributed by atoms with Crippen LogP contribution in [-0.4, -0.2) is 42.4 Å². The van der Waals surface area contributed by atoms with E-state index < -0.39 is 22.0 Å². The molecule has 0 bridgehead atoms. The van der Waals surface area contributed by atoms with Crippen molar-refractivity contribution in [2.45, 2.75) is 130 Å². The third kappa shape index (κ3) is 5.10. The summed E-state index contributed by atoms with van der Waals surface area (Å²) in [4.78, 5) is 13.5. The van der Waals surface area contributed by atoms with E-state index in [-0.39, 0.29) is 38.9 Å². The van der Waals surface area contributed by atoms with Gasteiger partial charge in [0.1, 0.15) is 0 Å². The van der Waals surface area contributed by atoms with Gasteiger partial charge in [0.15, 0.2) is 16.6 Å². The Morgan fingerprint density at radius 1 is 0.944 bits per heavy atom. The minimum absolute atomic E-state index is 0.101. The molecule has 6 heteroatoms. The van der Waals surface area contributed by atoms with Crippen molar-refractivity contribution in [2.75, 3.05) is 13.7 Å². The van der Waals surface area contributed by atoms with Crippen LogP contribution in [0.15, 0.2) is 12.7 Å². The lowest BCUT2D eigenvalue weighted by molar-refractivity contribution is -0.210. The fourth-order valence-corrected chi connectivity index (χ4v) is 9.19. The van der Waals surface area contributed by atoms with Gasteiger partial charge >= 0.3 is 5.97 Å². The predicted octanol–water partition coefficient (Wildman–Crippen LogP) is 8.60. The molecule has 0 radical (unpaired) electrons. The molecule has 36 heavy (non-hydrogen) atoms. The van der Waals surface area contributed by atoms with Gasteiger partial charge in [-0.2, -0.15) is 0 Å². The van der Waals surface area contributed by atoms with Crippen LogP contribution in [0.4, 0.5) is 0 Å². The van der Waals surface area contributed by atoms with Crippen LogP contribution in [-0.2, 0) is 18.4 Å². The summed E-state index contributed by atoms with van der Waals surface area (Å²) < 4.78 is 19.7. The molecule has 2 rings (SSSR count). The number of methoxy groups -OCH3 is 1. The highest BCUT2D eigenvalue weighted by atomic mass is 28.4. The normalized spacial score (nSPS) is 36.2. The molecule has 0 aromatic rings. The molecule has 6 atom stereocenters. The zero-order chi connectivity index (χ0) is 28.2. The molecule has 0 N–H and O–H groups in total. The summed E-state index contributed by atoms with van der Waals surface area (Å²) in [6.45, 7) is 35.0. The third-order valence-electron chi connectivity index (χ3n) is 11.6. The van der Waals surface area contributed by atoms with E-state index in [9.17, 15) is 4.79 Å². The Kier molecular flexibility index (Phi) is 8.78. The van der Waals surface area contributed by atoms with E-state index in [0.717, 1.165) is 25.7 Å². The first-order valence-corrected chi connectivity index (χ1v) is 19.9. The lowest BCUT2D eigenvalue weighted by atomic mass is 9.40. The van der Waals surface area contributed by atoms with Crippen LogP contribution in [0.5, 0.6) is 0 Å². The van der Waals surface area contributed by atoms with Crippen molar-refractivity contribution in [3.8, 4) is 0 Å². The maximum Gasteiger partial charge on any atom is 0.312 e. The lowest BCUT2D eigenvalue weighted by Gasteiger charge is -2.65. The van der Waals surface area contributed by atoms with E-state index >= 15 is 0 Å². The molecule has 2 aliphatic rings. The first-order chi connectivity index (χ1) is 16.0. The first kappa shape index (κ1) is 31.8. The van der Waals surface area contributed by atoms with Gasteiger partial charge in [0.25, 0.3) is 0 Å². The van der Waals surface area contributed by atoms with Gasteiger partial charge in [-0.25, -0.2) is 0 Å². The van der Waals surface area contributed by atoms with E-state index in [2.05, 4.69) is 95.1 Å². The van der Waals surface area contributed by atoms with Gasteiger partial charge in [-0.15, -0.1) is 6.58 Å². The van der Waals surface area contributed by atoms with Crippen molar-refractivity contribution in [3.05, 3.63) is 12.7 Å². The number of hydrogen-bond donors (Lipinski definition) is 0. The summed E-state index contributed by atoms with van der Waals surface area (Å²) >= 11 is 0. The average molecular weight is 539 g/mol. The maximum atomic E-state index is 13.5. The minimum atomic E-state index is -2.01. The topological polar surface area (TPSA) is 44.8 Å². The number of esters is 1. The number of allylic oxidation sites excluding steroid dienone is 1. The Morgan fingerprint density at radius 3 is 1.92 bits per heavy atom. The van der Waals surface area contributed by atoms with Crippen molar-refractivity contribution in [2.24, 2.45) is 28.1 Å². The van der Waals surface area contributed by atoms with E-state index in [1.807, 2.05) is 6.08 Å². The van der Waals surface area contributed by atoms with Crippen LogP contribution in [0.1, 0.15) is 88.0 Å². The fraction of sp³-hybridized carbons (Fsp3) is 0.900. The van der Waals surface area contributed by atoms with Gasteiger partial charge in [-0.3, -0.25) is 4.79 Å². The highest BCUT2D eigenvalue weighted by Gasteiger charge is 2.67. The summed E-state index contributed by atoms with van der Waals surface area (Å²) in [7, 11) is -2.45. The highest BCUT2D eigenvalue weighted by Crippen LogP contribution is 2.67. The Bertz CT molecular complexity index is 824. The Morgan fingerprint density at radius 2 is 1.47 bits per heavy atom. The van der Waals surface area contributed by atoms with Crippen LogP contribution < -0.4 is 0 Å². The summed E-state index contributed by atoms with van der Waals surface area (Å²) in [6, 6.07) is 0. The summed E-state index contributed by atoms with van der Waals surface area (Å²) in [6.07, 6.45) is 5.99. The summed E-state index contributed by atoms with van der Waals surface area (Å²) in [5.74, 6) is 0.296. The van der Waals surface area contributed by atoms with Gasteiger partial charge in [-0.05, 0) is 86.1 Å². The van der Waals surface area contributed by atoms with E-state index in [1.165, 1.54) is 7.11 Å². The number of fused-ring (bicyclic) bond motifs is 1. The fourth-order valence-electron chi connectivity index (χ4n) is 6.64. The minimum Gasteiger partial charge on any atom is -0.469 e. The second kappa shape index (κ2) is 9.95. The summed E-state index contributed by atoms with van der Waals surface area (Å²) in [5.41, 5.74) is -1.04. The monoisotopic (exact) mass is 538 g/mol. The highest BCUT2D eigenvalue weighted by molar-refractivity contribution is 6.74. The standard InChI is InChI=1S/C30H58O4Si2/c1-16-22-17-18-23-28(8,21-33-35(12,13)26(2,3)4)24(34-36(14,15)27(5,6)7)19-20-29(23,9)30(22,10)25(31)32-11/h16,22-24H,1,17-21H2,2-15H3/t22-,23-,24-,28-,29-,30+/m0/s1. The average Bonchev–Trinajstić information content (AvgIpc) is 2.73. The van der Waals surface area contributed by atoms with Crippen molar-refractivity contribution >= 4 is 22.6 Å². The predicted molar refractivity (Wildman–Crippen MR) is 157 cm³/mol. The van der Waals surface area contributed by atoms with Crippen LogP contribution in [0.2, 0.25) is 36.3 Å². The molecule has 4 nitrogen and oxygen atoms in total. The third-order valence-corrected chi connectivity index (χ3v) is 20.6. The van der Waals surface area contributed by atoms with Gasteiger partial charge in [0.05, 0.1) is 18.6 Å². The molecule has 0 saturated heterocycles. The molecule has 0 spiro atoms. The van der Waals surface area contributed by atoms with Gasteiger partial charge < -0.3 is 13.6 Å². The van der Waals surface area contributed by atoms with Crippen molar-refractivity contribution < 1.29 is 18.4 Å². The molecule has 0 heterocycles. The van der Waals surface area contributed by atoms with E-state index in [4.69, 9.17) is 13.6 Å². The molecular formula is C30H58O4Si2. The quantitative estimate of drug-likeness (QED) is 0.185. The molecule has 0 aliphatic heterocycles. The number of ether oxygens (including phenoxy) is 1. The lowest BCUT2D eigenvalue weighted by Crippen LogP contribution is -2.66. The Balaban J connectivity index is 2.64. The first-order valence-electron chi connectivity index (χ1n) is 14.1. The van der Waals surface area contributed by atoms with Crippen molar-refractivity contribution in [1.29, 1.82) is 0 Å². The number of hydrogen-bond acceptors (Lipinski definition) is 4. The Hall–Kier alpha value is -0.436. The molecule has 2 fully saturated rings. The molecule has 0 aromatic carbocycles. The molecule has 210 valence electrons. The summed E-state index contributed by atoms with van der Waals surface area (Å²) in [5, 5.41) is 0.272. The number of carbonyl (C=O) groups is 1. The second-order valence-electron chi connectivity index (χ2n) is 15.5. The van der Waals surface area contributed by atoms with Crippen LogP contribution >= 0.6 is 0 Å². The van der Waals surface area contributed by atoms with Crippen molar-refractivity contribution in [3.63, 3.8) is 0 Å². The zero-order valence-corrected chi connectivity index (χ0v) is 28.2. The van der Waals surface area contributed by atoms with Crippen LogP contribution in [0.25, 0.3) is 0 Å². The van der Waals surface area contributed by atoms with E-state index in [0.29, 0.717) is 12.5 Å². The van der Waals surface area contributed by atoms with Gasteiger partial charge in [0.2, 0.25) is 0 Å². The molecule has 0 amide bonds. The largest absolute Gasteiger partial charge is 0.469 e.